The lowest BCUT2D eigenvalue weighted by Gasteiger charge is -2.12. The summed E-state index contributed by atoms with van der Waals surface area (Å²) in [6, 6.07) is 3.08. The van der Waals surface area contributed by atoms with E-state index in [2.05, 4.69) is 0 Å². The lowest BCUT2D eigenvalue weighted by molar-refractivity contribution is 0.386. The molecule has 0 amide bonds. The Morgan fingerprint density at radius 1 is 1.50 bits per heavy atom. The van der Waals surface area contributed by atoms with Crippen LogP contribution in [0.3, 0.4) is 0 Å². The van der Waals surface area contributed by atoms with E-state index >= 15 is 0 Å². The highest BCUT2D eigenvalue weighted by atomic mass is 35.5. The van der Waals surface area contributed by atoms with Gasteiger partial charge in [0.05, 0.1) is 12.1 Å². The number of halogens is 2. The molecular weight excluding hydrogens is 205 g/mol. The predicted octanol–water partition coefficient (Wildman–Crippen LogP) is 2.44. The summed E-state index contributed by atoms with van der Waals surface area (Å²) in [5.74, 6) is -0.369. The van der Waals surface area contributed by atoms with Crippen LogP contribution in [-0.4, -0.2) is 7.11 Å². The van der Waals surface area contributed by atoms with Crippen molar-refractivity contribution in [3.8, 4) is 5.75 Å². The molecule has 0 aromatic heterocycles. The van der Waals surface area contributed by atoms with Crippen LogP contribution in [0.25, 0.3) is 0 Å². The second-order valence-corrected chi connectivity index (χ2v) is 4.04. The predicted molar refractivity (Wildman–Crippen MR) is 53.1 cm³/mol. The van der Waals surface area contributed by atoms with Crippen molar-refractivity contribution in [2.24, 2.45) is 5.73 Å². The SMILES string of the molecule is COc1c(F)cc(C2(N)CC2)cc1Cl. The number of ether oxygens (including phenoxy) is 1. The van der Waals surface area contributed by atoms with Gasteiger partial charge >= 0.3 is 0 Å². The van der Waals surface area contributed by atoms with Gasteiger partial charge in [0.2, 0.25) is 0 Å². The van der Waals surface area contributed by atoms with Crippen LogP contribution in [0, 0.1) is 5.82 Å². The van der Waals surface area contributed by atoms with Gasteiger partial charge in [-0.3, -0.25) is 0 Å². The summed E-state index contributed by atoms with van der Waals surface area (Å²) in [6.07, 6.45) is 1.77. The molecule has 0 bridgehead atoms. The molecule has 1 fully saturated rings. The Bertz CT molecular complexity index is 353. The van der Waals surface area contributed by atoms with Gasteiger partial charge in [-0.15, -0.1) is 0 Å². The number of hydrogen-bond donors (Lipinski definition) is 1. The third kappa shape index (κ3) is 1.47. The topological polar surface area (TPSA) is 35.2 Å². The van der Waals surface area contributed by atoms with Crippen molar-refractivity contribution in [2.75, 3.05) is 7.11 Å². The second-order valence-electron chi connectivity index (χ2n) is 3.63. The molecule has 1 saturated carbocycles. The maximum Gasteiger partial charge on any atom is 0.173 e. The zero-order chi connectivity index (χ0) is 10.3. The van der Waals surface area contributed by atoms with E-state index in [1.54, 1.807) is 6.07 Å². The normalized spacial score (nSPS) is 18.0. The van der Waals surface area contributed by atoms with Crippen molar-refractivity contribution in [1.29, 1.82) is 0 Å². The summed E-state index contributed by atoms with van der Waals surface area (Å²) in [7, 11) is 1.39. The number of methoxy groups -OCH3 is 1. The molecule has 1 aliphatic rings. The van der Waals surface area contributed by atoms with E-state index in [1.807, 2.05) is 0 Å². The third-order valence-electron chi connectivity index (χ3n) is 2.57. The van der Waals surface area contributed by atoms with Crippen LogP contribution in [0.1, 0.15) is 18.4 Å². The van der Waals surface area contributed by atoms with Crippen molar-refractivity contribution >= 4 is 11.6 Å². The molecule has 76 valence electrons. The molecule has 1 aliphatic carbocycles. The Morgan fingerprint density at radius 3 is 2.57 bits per heavy atom. The van der Waals surface area contributed by atoms with Gasteiger partial charge in [-0.05, 0) is 30.5 Å². The van der Waals surface area contributed by atoms with Gasteiger partial charge in [0.15, 0.2) is 11.6 Å². The van der Waals surface area contributed by atoms with Crippen molar-refractivity contribution in [3.63, 3.8) is 0 Å². The van der Waals surface area contributed by atoms with Crippen LogP contribution in [-0.2, 0) is 5.54 Å². The molecule has 1 aromatic carbocycles. The van der Waals surface area contributed by atoms with Crippen LogP contribution in [0.2, 0.25) is 5.02 Å². The highest BCUT2D eigenvalue weighted by Gasteiger charge is 2.40. The van der Waals surface area contributed by atoms with Gasteiger partial charge in [0.25, 0.3) is 0 Å². The molecule has 0 spiro atoms. The van der Waals surface area contributed by atoms with Gasteiger partial charge in [0, 0.05) is 5.54 Å². The van der Waals surface area contributed by atoms with Crippen LogP contribution in [0.4, 0.5) is 4.39 Å². The molecule has 0 radical (unpaired) electrons. The first kappa shape index (κ1) is 9.74. The molecule has 4 heteroatoms. The van der Waals surface area contributed by atoms with Gasteiger partial charge < -0.3 is 10.5 Å². The lowest BCUT2D eigenvalue weighted by Crippen LogP contribution is -2.18. The molecule has 14 heavy (non-hydrogen) atoms. The monoisotopic (exact) mass is 215 g/mol. The fourth-order valence-electron chi connectivity index (χ4n) is 1.47. The van der Waals surface area contributed by atoms with E-state index in [-0.39, 0.29) is 16.3 Å². The summed E-state index contributed by atoms with van der Waals surface area (Å²) in [5.41, 5.74) is 6.32. The molecule has 2 nitrogen and oxygen atoms in total. The lowest BCUT2D eigenvalue weighted by atomic mass is 10.1. The average molecular weight is 216 g/mol. The second kappa shape index (κ2) is 3.11. The number of nitrogens with two attached hydrogens (primary N) is 1. The van der Waals surface area contributed by atoms with Crippen LogP contribution < -0.4 is 10.5 Å². The summed E-state index contributed by atoms with van der Waals surface area (Å²) < 4.78 is 18.2. The molecule has 0 heterocycles. The number of benzene rings is 1. The maximum atomic E-state index is 13.4. The fourth-order valence-corrected chi connectivity index (χ4v) is 1.75. The van der Waals surface area contributed by atoms with Crippen LogP contribution in [0.15, 0.2) is 12.1 Å². The van der Waals surface area contributed by atoms with E-state index < -0.39 is 5.82 Å². The smallest absolute Gasteiger partial charge is 0.173 e. The van der Waals surface area contributed by atoms with E-state index in [4.69, 9.17) is 22.1 Å². The Hall–Kier alpha value is -0.800. The molecule has 0 saturated heterocycles. The Kier molecular flexibility index (Phi) is 2.16. The van der Waals surface area contributed by atoms with Crippen molar-refractivity contribution in [1.82, 2.24) is 0 Å². The highest BCUT2D eigenvalue weighted by molar-refractivity contribution is 6.32. The molecule has 1 aromatic rings. The number of hydrogen-bond acceptors (Lipinski definition) is 2. The van der Waals surface area contributed by atoms with Crippen molar-refractivity contribution in [3.05, 3.63) is 28.5 Å². The highest BCUT2D eigenvalue weighted by Crippen LogP contribution is 2.45. The first-order chi connectivity index (χ1) is 6.57. The Morgan fingerprint density at radius 2 is 2.14 bits per heavy atom. The largest absolute Gasteiger partial charge is 0.492 e. The first-order valence-electron chi connectivity index (χ1n) is 4.39. The zero-order valence-corrected chi connectivity index (χ0v) is 8.57. The van der Waals surface area contributed by atoms with E-state index in [9.17, 15) is 4.39 Å². The Labute approximate surface area is 86.8 Å². The third-order valence-corrected chi connectivity index (χ3v) is 2.85. The van der Waals surface area contributed by atoms with E-state index in [1.165, 1.54) is 13.2 Å². The van der Waals surface area contributed by atoms with E-state index in [0.29, 0.717) is 0 Å². The van der Waals surface area contributed by atoms with Crippen LogP contribution in [0.5, 0.6) is 5.75 Å². The summed E-state index contributed by atoms with van der Waals surface area (Å²) in [5, 5.41) is 0.277. The molecule has 2 rings (SSSR count). The van der Waals surface area contributed by atoms with Gasteiger partial charge in [-0.2, -0.15) is 0 Å². The molecule has 2 N–H and O–H groups in total. The minimum atomic E-state index is -0.452. The molecular formula is C10H11ClFNO. The molecule has 0 atom stereocenters. The van der Waals surface area contributed by atoms with Gasteiger partial charge in [-0.25, -0.2) is 4.39 Å². The minimum absolute atomic E-state index is 0.0830. The minimum Gasteiger partial charge on any atom is -0.492 e. The summed E-state index contributed by atoms with van der Waals surface area (Å²) in [4.78, 5) is 0. The van der Waals surface area contributed by atoms with Crippen LogP contribution >= 0.6 is 11.6 Å². The summed E-state index contributed by atoms with van der Waals surface area (Å²) >= 11 is 5.85. The summed E-state index contributed by atoms with van der Waals surface area (Å²) in [6.45, 7) is 0. The van der Waals surface area contributed by atoms with E-state index in [0.717, 1.165) is 18.4 Å². The quantitative estimate of drug-likeness (QED) is 0.823. The average Bonchev–Trinajstić information content (AvgIpc) is 2.84. The maximum absolute atomic E-state index is 13.4. The molecule has 0 unspecified atom stereocenters. The standard InChI is InChI=1S/C10H11ClFNO/c1-14-9-7(11)4-6(5-8(9)12)10(13)2-3-10/h4-5H,2-3,13H2,1H3. The van der Waals surface area contributed by atoms with Crippen molar-refractivity contribution < 1.29 is 9.13 Å². The Balaban J connectivity index is 2.47. The zero-order valence-electron chi connectivity index (χ0n) is 7.81. The van der Waals surface area contributed by atoms with Gasteiger partial charge in [-0.1, -0.05) is 11.6 Å². The first-order valence-corrected chi connectivity index (χ1v) is 4.77. The molecule has 0 aliphatic heterocycles. The van der Waals surface area contributed by atoms with Gasteiger partial charge in [0.1, 0.15) is 0 Å². The number of rotatable bonds is 2. The van der Waals surface area contributed by atoms with Crippen molar-refractivity contribution in [2.45, 2.75) is 18.4 Å². The fraction of sp³-hybridized carbons (Fsp3) is 0.400.